The highest BCUT2D eigenvalue weighted by Gasteiger charge is 2.30. The molecule has 0 aliphatic heterocycles. The number of alkyl halides is 3. The molecule has 2 rings (SSSR count). The van der Waals surface area contributed by atoms with Crippen LogP contribution in [0.4, 0.5) is 18.9 Å². The van der Waals surface area contributed by atoms with Crippen LogP contribution in [0.3, 0.4) is 0 Å². The third kappa shape index (κ3) is 3.29. The van der Waals surface area contributed by atoms with Crippen molar-refractivity contribution < 1.29 is 13.2 Å². The highest BCUT2D eigenvalue weighted by atomic mass is 19.4. The molecule has 1 heterocycles. The molecule has 0 saturated carbocycles. The Morgan fingerprint density at radius 1 is 1.35 bits per heavy atom. The molecule has 104 valence electrons. The Bertz CT molecular complexity index is 612. The van der Waals surface area contributed by atoms with E-state index < -0.39 is 11.7 Å². The summed E-state index contributed by atoms with van der Waals surface area (Å²) in [6, 6.07) is 6.61. The lowest BCUT2D eigenvalue weighted by Gasteiger charge is -2.11. The van der Waals surface area contributed by atoms with E-state index in [9.17, 15) is 13.2 Å². The van der Waals surface area contributed by atoms with Gasteiger partial charge in [0.15, 0.2) is 0 Å². The first-order valence-electron chi connectivity index (χ1n) is 5.83. The van der Waals surface area contributed by atoms with Gasteiger partial charge in [-0.1, -0.05) is 0 Å². The molecule has 0 aliphatic rings. The molecule has 0 radical (unpaired) electrons. The average molecular weight is 280 g/mol. The minimum atomic E-state index is -4.45. The summed E-state index contributed by atoms with van der Waals surface area (Å²) in [5.41, 5.74) is -0.473. The highest BCUT2D eigenvalue weighted by Crippen LogP contribution is 2.31. The molecule has 0 atom stereocenters. The van der Waals surface area contributed by atoms with E-state index in [-0.39, 0.29) is 5.56 Å². The topological polar surface area (TPSA) is 53.6 Å². The van der Waals surface area contributed by atoms with Crippen LogP contribution in [0.25, 0.3) is 0 Å². The number of nitriles is 1. The van der Waals surface area contributed by atoms with Crippen LogP contribution in [0.1, 0.15) is 11.1 Å². The molecule has 2 aromatic rings. The van der Waals surface area contributed by atoms with Crippen LogP contribution in [-0.4, -0.2) is 16.3 Å². The van der Waals surface area contributed by atoms with Crippen molar-refractivity contribution >= 4 is 5.69 Å². The van der Waals surface area contributed by atoms with E-state index in [0.29, 0.717) is 18.8 Å². The Morgan fingerprint density at radius 2 is 2.15 bits per heavy atom. The Balaban J connectivity index is 2.06. The summed E-state index contributed by atoms with van der Waals surface area (Å²) in [5.74, 6) is 0. The van der Waals surface area contributed by atoms with Gasteiger partial charge in [0, 0.05) is 18.9 Å². The first-order valence-corrected chi connectivity index (χ1v) is 5.83. The van der Waals surface area contributed by atoms with E-state index in [4.69, 9.17) is 5.26 Å². The number of anilines is 1. The largest absolute Gasteiger partial charge is 0.416 e. The van der Waals surface area contributed by atoms with E-state index in [1.165, 1.54) is 6.07 Å². The molecular formula is C13H11F3N4. The van der Waals surface area contributed by atoms with Crippen molar-refractivity contribution in [1.82, 2.24) is 9.78 Å². The van der Waals surface area contributed by atoms with Crippen molar-refractivity contribution in [2.24, 2.45) is 0 Å². The molecule has 1 N–H and O–H groups in total. The zero-order chi connectivity index (χ0) is 14.6. The standard InChI is InChI=1S/C13H11F3N4/c14-13(15,16)11-2-3-12(10(8-11)9-17)18-5-7-20-6-1-4-19-20/h1-4,6,8,18H,5,7H2. The molecule has 0 unspecified atom stereocenters. The van der Waals surface area contributed by atoms with Gasteiger partial charge < -0.3 is 5.32 Å². The summed E-state index contributed by atoms with van der Waals surface area (Å²) in [4.78, 5) is 0. The number of aromatic nitrogens is 2. The zero-order valence-electron chi connectivity index (χ0n) is 10.4. The van der Waals surface area contributed by atoms with Crippen LogP contribution in [0.5, 0.6) is 0 Å². The minimum absolute atomic E-state index is 0.0275. The first-order chi connectivity index (χ1) is 9.50. The Morgan fingerprint density at radius 3 is 2.75 bits per heavy atom. The molecule has 0 aliphatic carbocycles. The normalized spacial score (nSPS) is 11.1. The Hall–Kier alpha value is -2.49. The fraction of sp³-hybridized carbons (Fsp3) is 0.231. The predicted molar refractivity (Wildman–Crippen MR) is 66.9 cm³/mol. The van der Waals surface area contributed by atoms with Gasteiger partial charge >= 0.3 is 6.18 Å². The van der Waals surface area contributed by atoms with Crippen molar-refractivity contribution in [1.29, 1.82) is 5.26 Å². The van der Waals surface area contributed by atoms with E-state index in [1.807, 2.05) is 0 Å². The second-order valence-corrected chi connectivity index (χ2v) is 4.07. The monoisotopic (exact) mass is 280 g/mol. The maximum absolute atomic E-state index is 12.5. The van der Waals surface area contributed by atoms with E-state index in [1.54, 1.807) is 29.2 Å². The first kappa shape index (κ1) is 13.9. The molecule has 1 aromatic heterocycles. The van der Waals surface area contributed by atoms with E-state index >= 15 is 0 Å². The summed E-state index contributed by atoms with van der Waals surface area (Å²) in [7, 11) is 0. The number of nitrogens with one attached hydrogen (secondary N) is 1. The van der Waals surface area contributed by atoms with Crippen LogP contribution in [0, 0.1) is 11.3 Å². The Labute approximate surface area is 113 Å². The molecule has 7 heteroatoms. The molecule has 0 saturated heterocycles. The van der Waals surface area contributed by atoms with Gasteiger partial charge in [-0.2, -0.15) is 23.5 Å². The minimum Gasteiger partial charge on any atom is -0.382 e. The summed E-state index contributed by atoms with van der Waals surface area (Å²) < 4.78 is 39.3. The lowest BCUT2D eigenvalue weighted by molar-refractivity contribution is -0.137. The van der Waals surface area contributed by atoms with Gasteiger partial charge in [0.2, 0.25) is 0 Å². The van der Waals surface area contributed by atoms with Gasteiger partial charge in [-0.3, -0.25) is 4.68 Å². The molecule has 0 fully saturated rings. The van der Waals surface area contributed by atoms with Gasteiger partial charge in [-0.05, 0) is 24.3 Å². The number of halogens is 3. The zero-order valence-corrected chi connectivity index (χ0v) is 10.4. The van der Waals surface area contributed by atoms with Crippen molar-refractivity contribution in [3.63, 3.8) is 0 Å². The van der Waals surface area contributed by atoms with Crippen LogP contribution in [0.2, 0.25) is 0 Å². The average Bonchev–Trinajstić information content (AvgIpc) is 2.91. The van der Waals surface area contributed by atoms with Gasteiger partial charge in [-0.15, -0.1) is 0 Å². The number of benzene rings is 1. The SMILES string of the molecule is N#Cc1cc(C(F)(F)F)ccc1NCCn1cccn1. The van der Waals surface area contributed by atoms with Crippen molar-refractivity contribution in [3.05, 3.63) is 47.8 Å². The quantitative estimate of drug-likeness (QED) is 0.937. The van der Waals surface area contributed by atoms with Gasteiger partial charge in [-0.25, -0.2) is 0 Å². The smallest absolute Gasteiger partial charge is 0.382 e. The van der Waals surface area contributed by atoms with Gasteiger partial charge in [0.25, 0.3) is 0 Å². The maximum Gasteiger partial charge on any atom is 0.416 e. The molecule has 20 heavy (non-hydrogen) atoms. The number of rotatable bonds is 4. The predicted octanol–water partition coefficient (Wildman–Crippen LogP) is 2.89. The number of hydrogen-bond acceptors (Lipinski definition) is 3. The van der Waals surface area contributed by atoms with Crippen LogP contribution < -0.4 is 5.32 Å². The van der Waals surface area contributed by atoms with E-state index in [0.717, 1.165) is 12.1 Å². The van der Waals surface area contributed by atoms with Crippen LogP contribution in [-0.2, 0) is 12.7 Å². The lowest BCUT2D eigenvalue weighted by atomic mass is 10.1. The third-order valence-corrected chi connectivity index (χ3v) is 2.68. The second kappa shape index (κ2) is 5.65. The lowest BCUT2D eigenvalue weighted by Crippen LogP contribution is -2.12. The Kier molecular flexibility index (Phi) is 3.94. The van der Waals surface area contributed by atoms with Crippen molar-refractivity contribution in [2.45, 2.75) is 12.7 Å². The molecule has 0 spiro atoms. The molecule has 0 amide bonds. The highest BCUT2D eigenvalue weighted by molar-refractivity contribution is 5.58. The molecular weight excluding hydrogens is 269 g/mol. The summed E-state index contributed by atoms with van der Waals surface area (Å²) in [6.45, 7) is 1.01. The third-order valence-electron chi connectivity index (χ3n) is 2.68. The van der Waals surface area contributed by atoms with Crippen LogP contribution in [0.15, 0.2) is 36.7 Å². The summed E-state index contributed by atoms with van der Waals surface area (Å²) in [5, 5.41) is 15.8. The van der Waals surface area contributed by atoms with Crippen molar-refractivity contribution in [3.8, 4) is 6.07 Å². The van der Waals surface area contributed by atoms with Gasteiger partial charge in [0.05, 0.1) is 23.4 Å². The van der Waals surface area contributed by atoms with Crippen molar-refractivity contribution in [2.75, 3.05) is 11.9 Å². The van der Waals surface area contributed by atoms with E-state index in [2.05, 4.69) is 10.4 Å². The van der Waals surface area contributed by atoms with Crippen LogP contribution >= 0.6 is 0 Å². The number of nitrogens with zero attached hydrogens (tertiary/aromatic N) is 3. The maximum atomic E-state index is 12.5. The second-order valence-electron chi connectivity index (χ2n) is 4.07. The summed E-state index contributed by atoms with van der Waals surface area (Å²) in [6.07, 6.45) is -1.03. The molecule has 4 nitrogen and oxygen atoms in total. The fourth-order valence-corrected chi connectivity index (χ4v) is 1.71. The fourth-order valence-electron chi connectivity index (χ4n) is 1.71. The summed E-state index contributed by atoms with van der Waals surface area (Å²) >= 11 is 0. The van der Waals surface area contributed by atoms with Gasteiger partial charge in [0.1, 0.15) is 6.07 Å². The number of hydrogen-bond donors (Lipinski definition) is 1. The molecule has 0 bridgehead atoms. The molecule has 1 aromatic carbocycles.